The van der Waals surface area contributed by atoms with Gasteiger partial charge in [-0.25, -0.2) is 0 Å². The zero-order valence-electron chi connectivity index (χ0n) is 23.0. The molecule has 1 fully saturated rings. The highest BCUT2D eigenvalue weighted by Gasteiger charge is 2.39. The lowest BCUT2D eigenvalue weighted by molar-refractivity contribution is -0.143. The van der Waals surface area contributed by atoms with Gasteiger partial charge in [-0.15, -0.1) is 0 Å². The van der Waals surface area contributed by atoms with Crippen LogP contribution in [0.2, 0.25) is 0 Å². The highest BCUT2D eigenvalue weighted by molar-refractivity contribution is 5.89. The normalized spacial score (nSPS) is 20.1. The zero-order valence-corrected chi connectivity index (χ0v) is 23.0. The summed E-state index contributed by atoms with van der Waals surface area (Å²) >= 11 is 0. The van der Waals surface area contributed by atoms with E-state index in [0.717, 1.165) is 32.2 Å². The molecule has 3 N–H and O–H groups in total. The Morgan fingerprint density at radius 1 is 1.18 bits per heavy atom. The molecule has 1 saturated heterocycles. The second kappa shape index (κ2) is 13.4. The minimum Gasteiger partial charge on any atom is -0.379 e. The maximum Gasteiger partial charge on any atom is 0.242 e. The van der Waals surface area contributed by atoms with Gasteiger partial charge in [0.25, 0.3) is 0 Å². The summed E-state index contributed by atoms with van der Waals surface area (Å²) < 4.78 is 5.84. The number of carbonyl (C=O) groups excluding carboxylic acids is 3. The van der Waals surface area contributed by atoms with Gasteiger partial charge >= 0.3 is 0 Å². The standard InChI is InChI=1S/C26H50N4O4/c1-10-18(5)24(29(8)23(32)16-28-25(33)26(6,7)27)21(34-9)15-22(31)30-14-12-13-20(30)19(11-2)17(3)4/h17-21,24H,10-16,27H2,1-9H3,(H,28,33). The molecule has 8 nitrogen and oxygen atoms in total. The minimum absolute atomic E-state index is 0.0980. The van der Waals surface area contributed by atoms with Crippen molar-refractivity contribution in [3.8, 4) is 0 Å². The highest BCUT2D eigenvalue weighted by atomic mass is 16.5. The third-order valence-corrected chi connectivity index (χ3v) is 7.55. The molecule has 0 saturated carbocycles. The summed E-state index contributed by atoms with van der Waals surface area (Å²) in [5.74, 6) is 0.595. The van der Waals surface area contributed by atoms with Crippen LogP contribution in [0.1, 0.15) is 80.6 Å². The molecule has 1 aliphatic rings. The van der Waals surface area contributed by atoms with Gasteiger partial charge in [0.15, 0.2) is 0 Å². The summed E-state index contributed by atoms with van der Waals surface area (Å²) in [5.41, 5.74) is 4.76. The predicted octanol–water partition coefficient (Wildman–Crippen LogP) is 2.79. The Balaban J connectivity index is 2.99. The molecule has 0 radical (unpaired) electrons. The molecule has 5 atom stereocenters. The fraction of sp³-hybridized carbons (Fsp3) is 0.885. The van der Waals surface area contributed by atoms with Gasteiger partial charge in [0.2, 0.25) is 17.7 Å². The first-order valence-electron chi connectivity index (χ1n) is 12.9. The van der Waals surface area contributed by atoms with E-state index < -0.39 is 11.6 Å². The number of amides is 3. The van der Waals surface area contributed by atoms with Crippen LogP contribution in [0.15, 0.2) is 0 Å². The Bertz CT molecular complexity index is 676. The highest BCUT2D eigenvalue weighted by Crippen LogP contribution is 2.32. The lowest BCUT2D eigenvalue weighted by atomic mass is 9.84. The van der Waals surface area contributed by atoms with E-state index in [-0.39, 0.29) is 48.7 Å². The third kappa shape index (κ3) is 7.94. The minimum atomic E-state index is -1.06. The molecule has 34 heavy (non-hydrogen) atoms. The Morgan fingerprint density at radius 2 is 1.79 bits per heavy atom. The van der Waals surface area contributed by atoms with Crippen LogP contribution in [0.4, 0.5) is 0 Å². The van der Waals surface area contributed by atoms with Crippen molar-refractivity contribution in [3.63, 3.8) is 0 Å². The molecule has 0 bridgehead atoms. The van der Waals surface area contributed by atoms with Gasteiger partial charge in [-0.2, -0.15) is 0 Å². The van der Waals surface area contributed by atoms with Gasteiger partial charge in [0, 0.05) is 26.7 Å². The van der Waals surface area contributed by atoms with Crippen LogP contribution in [-0.2, 0) is 19.1 Å². The van der Waals surface area contributed by atoms with E-state index in [9.17, 15) is 14.4 Å². The third-order valence-electron chi connectivity index (χ3n) is 7.55. The molecule has 5 unspecified atom stereocenters. The van der Waals surface area contributed by atoms with Crippen molar-refractivity contribution in [3.05, 3.63) is 0 Å². The Morgan fingerprint density at radius 3 is 2.26 bits per heavy atom. The average Bonchev–Trinajstić information content (AvgIpc) is 3.25. The molecule has 3 amide bonds. The van der Waals surface area contributed by atoms with Crippen LogP contribution in [0.5, 0.6) is 0 Å². The lowest BCUT2D eigenvalue weighted by Gasteiger charge is -2.39. The zero-order chi connectivity index (χ0) is 26.2. The van der Waals surface area contributed by atoms with Crippen molar-refractivity contribution < 1.29 is 19.1 Å². The summed E-state index contributed by atoms with van der Waals surface area (Å²) in [7, 11) is 3.33. The fourth-order valence-corrected chi connectivity index (χ4v) is 5.28. The van der Waals surface area contributed by atoms with E-state index in [1.807, 2.05) is 0 Å². The summed E-state index contributed by atoms with van der Waals surface area (Å²) in [6.07, 6.45) is 3.76. The van der Waals surface area contributed by atoms with Gasteiger partial charge in [0.05, 0.1) is 30.7 Å². The Labute approximate surface area is 207 Å². The van der Waals surface area contributed by atoms with Crippen LogP contribution < -0.4 is 11.1 Å². The summed E-state index contributed by atoms with van der Waals surface area (Å²) in [5, 5.41) is 2.62. The van der Waals surface area contributed by atoms with Crippen molar-refractivity contribution in [2.75, 3.05) is 27.2 Å². The number of hydrogen-bond acceptors (Lipinski definition) is 5. The fourth-order valence-electron chi connectivity index (χ4n) is 5.28. The molecule has 198 valence electrons. The molecule has 1 aliphatic heterocycles. The molecule has 0 aromatic carbocycles. The van der Waals surface area contributed by atoms with Crippen LogP contribution in [0.25, 0.3) is 0 Å². The quantitative estimate of drug-likeness (QED) is 0.420. The maximum absolute atomic E-state index is 13.5. The molecule has 0 aromatic heterocycles. The van der Waals surface area contributed by atoms with Gasteiger partial charge < -0.3 is 25.6 Å². The van der Waals surface area contributed by atoms with Gasteiger partial charge in [-0.05, 0) is 44.4 Å². The van der Waals surface area contributed by atoms with Crippen molar-refractivity contribution in [1.82, 2.24) is 15.1 Å². The summed E-state index contributed by atoms with van der Waals surface area (Å²) in [4.78, 5) is 42.2. The second-order valence-electron chi connectivity index (χ2n) is 10.9. The van der Waals surface area contributed by atoms with Gasteiger partial charge in [-0.1, -0.05) is 47.5 Å². The molecule has 8 heteroatoms. The lowest BCUT2D eigenvalue weighted by Crippen LogP contribution is -2.55. The van der Waals surface area contributed by atoms with E-state index >= 15 is 0 Å². The van der Waals surface area contributed by atoms with Crippen LogP contribution in [0.3, 0.4) is 0 Å². The SMILES string of the molecule is CCC(C)C(C(CC(=O)N1CCCC1C(CC)C(C)C)OC)N(C)C(=O)CNC(=O)C(C)(C)N. The Hall–Kier alpha value is -1.67. The van der Waals surface area contributed by atoms with Crippen LogP contribution in [-0.4, -0.2) is 78.5 Å². The number of carbonyl (C=O) groups is 3. The predicted molar refractivity (Wildman–Crippen MR) is 136 cm³/mol. The van der Waals surface area contributed by atoms with Crippen molar-refractivity contribution in [1.29, 1.82) is 0 Å². The van der Waals surface area contributed by atoms with Crippen molar-refractivity contribution in [2.24, 2.45) is 23.5 Å². The van der Waals surface area contributed by atoms with E-state index in [1.165, 1.54) is 0 Å². The monoisotopic (exact) mass is 482 g/mol. The number of ether oxygens (including phenoxy) is 1. The summed E-state index contributed by atoms with van der Waals surface area (Å²) in [6, 6.07) is -0.0198. The molecule has 1 heterocycles. The summed E-state index contributed by atoms with van der Waals surface area (Å²) in [6.45, 7) is 14.6. The number of likely N-dealkylation sites (tertiary alicyclic amines) is 1. The maximum atomic E-state index is 13.5. The number of methoxy groups -OCH3 is 1. The van der Waals surface area contributed by atoms with E-state index in [1.54, 1.807) is 32.9 Å². The van der Waals surface area contributed by atoms with E-state index in [4.69, 9.17) is 10.5 Å². The molecular weight excluding hydrogens is 432 g/mol. The number of nitrogens with zero attached hydrogens (tertiary/aromatic N) is 2. The number of hydrogen-bond donors (Lipinski definition) is 2. The molecule has 1 rings (SSSR count). The smallest absolute Gasteiger partial charge is 0.242 e. The number of nitrogens with two attached hydrogens (primary N) is 1. The largest absolute Gasteiger partial charge is 0.379 e. The second-order valence-corrected chi connectivity index (χ2v) is 10.9. The van der Waals surface area contributed by atoms with E-state index in [0.29, 0.717) is 11.8 Å². The number of rotatable bonds is 13. The molecule has 0 aromatic rings. The topological polar surface area (TPSA) is 105 Å². The molecule has 0 aliphatic carbocycles. The van der Waals surface area contributed by atoms with E-state index in [2.05, 4.69) is 44.8 Å². The van der Waals surface area contributed by atoms with Crippen LogP contribution in [0, 0.1) is 17.8 Å². The van der Waals surface area contributed by atoms with Gasteiger partial charge in [-0.3, -0.25) is 14.4 Å². The first-order valence-corrected chi connectivity index (χ1v) is 12.9. The van der Waals surface area contributed by atoms with Crippen molar-refractivity contribution >= 4 is 17.7 Å². The number of nitrogens with one attached hydrogen (secondary N) is 1. The van der Waals surface area contributed by atoms with Crippen molar-refractivity contribution in [2.45, 2.75) is 104 Å². The molecular formula is C26H50N4O4. The first kappa shape index (κ1) is 30.4. The van der Waals surface area contributed by atoms with Crippen LogP contribution >= 0.6 is 0 Å². The first-order chi connectivity index (χ1) is 15.8. The molecule has 0 spiro atoms. The number of likely N-dealkylation sites (N-methyl/N-ethyl adjacent to an activating group) is 1. The average molecular weight is 483 g/mol. The Kier molecular flexibility index (Phi) is 12.0. The van der Waals surface area contributed by atoms with Gasteiger partial charge in [0.1, 0.15) is 0 Å².